The first-order valence-electron chi connectivity index (χ1n) is 8.18. The maximum Gasteiger partial charge on any atom is 0.169 e. The highest BCUT2D eigenvalue weighted by molar-refractivity contribution is 5.78. The van der Waals surface area contributed by atoms with Gasteiger partial charge in [0.2, 0.25) is 0 Å². The van der Waals surface area contributed by atoms with Crippen LogP contribution in [0.25, 0.3) is 0 Å². The Balaban J connectivity index is 1.75. The van der Waals surface area contributed by atoms with E-state index >= 15 is 0 Å². The van der Waals surface area contributed by atoms with Crippen LogP contribution in [0.4, 0.5) is 23.0 Å². The van der Waals surface area contributed by atoms with Crippen LogP contribution in [0.2, 0.25) is 0 Å². The summed E-state index contributed by atoms with van der Waals surface area (Å²) in [4.78, 5) is 10.9. The molecule has 1 aromatic heterocycles. The van der Waals surface area contributed by atoms with Crippen LogP contribution >= 0.6 is 0 Å². The molecular formula is C17H25N7. The second kappa shape index (κ2) is 7.02. The van der Waals surface area contributed by atoms with E-state index in [4.69, 9.17) is 5.73 Å². The lowest BCUT2D eigenvalue weighted by Gasteiger charge is -2.33. The van der Waals surface area contributed by atoms with Gasteiger partial charge in [0.1, 0.15) is 12.0 Å². The van der Waals surface area contributed by atoms with E-state index in [1.54, 1.807) is 0 Å². The van der Waals surface area contributed by atoms with Crippen LogP contribution in [0.3, 0.4) is 0 Å². The first kappa shape index (κ1) is 16.5. The van der Waals surface area contributed by atoms with E-state index in [1.807, 2.05) is 6.07 Å². The Hall–Kier alpha value is -2.38. The third-order valence-electron chi connectivity index (χ3n) is 4.29. The molecule has 1 saturated heterocycles. The number of hydrogen-bond donors (Lipinski definition) is 3. The molecule has 0 atom stereocenters. The van der Waals surface area contributed by atoms with Crippen LogP contribution in [-0.2, 0) is 0 Å². The summed E-state index contributed by atoms with van der Waals surface area (Å²) in [7, 11) is 2.13. The number of rotatable bonds is 4. The average Bonchev–Trinajstić information content (AvgIpc) is 2.55. The molecule has 0 amide bonds. The molecule has 1 aromatic carbocycles. The molecule has 7 nitrogen and oxygen atoms in total. The highest BCUT2D eigenvalue weighted by Crippen LogP contribution is 2.28. The summed E-state index contributed by atoms with van der Waals surface area (Å²) in [5.74, 6) is 1.26. The van der Waals surface area contributed by atoms with Gasteiger partial charge in [-0.05, 0) is 32.5 Å². The van der Waals surface area contributed by atoms with Gasteiger partial charge in [-0.15, -0.1) is 0 Å². The lowest BCUT2D eigenvalue weighted by Crippen LogP contribution is -2.47. The van der Waals surface area contributed by atoms with E-state index < -0.39 is 0 Å². The molecule has 128 valence electrons. The van der Waals surface area contributed by atoms with Gasteiger partial charge in [0.05, 0.1) is 0 Å². The van der Waals surface area contributed by atoms with E-state index in [1.165, 1.54) is 11.9 Å². The molecule has 24 heavy (non-hydrogen) atoms. The molecule has 1 aliphatic heterocycles. The van der Waals surface area contributed by atoms with Gasteiger partial charge in [0.25, 0.3) is 0 Å². The van der Waals surface area contributed by atoms with Gasteiger partial charge < -0.3 is 21.4 Å². The van der Waals surface area contributed by atoms with Crippen LogP contribution in [-0.4, -0.2) is 53.1 Å². The van der Waals surface area contributed by atoms with Crippen molar-refractivity contribution in [3.63, 3.8) is 0 Å². The lowest BCUT2D eigenvalue weighted by atomic mass is 10.1. The van der Waals surface area contributed by atoms with Crippen LogP contribution in [0, 0.1) is 13.8 Å². The van der Waals surface area contributed by atoms with Gasteiger partial charge in [-0.1, -0.05) is 17.7 Å². The molecule has 0 bridgehead atoms. The van der Waals surface area contributed by atoms with Gasteiger partial charge in [-0.25, -0.2) is 15.0 Å². The molecular weight excluding hydrogens is 302 g/mol. The molecule has 0 aliphatic carbocycles. The Bertz CT molecular complexity index is 708. The van der Waals surface area contributed by atoms with E-state index in [9.17, 15) is 0 Å². The first-order chi connectivity index (χ1) is 11.5. The number of likely N-dealkylation sites (N-methyl/N-ethyl adjacent to an activating group) is 1. The molecule has 0 saturated carbocycles. The number of nitrogens with two attached hydrogens (primary N) is 1. The number of nitrogens with one attached hydrogen (secondary N) is 2. The number of hydrogen-bond acceptors (Lipinski definition) is 7. The molecule has 2 heterocycles. The van der Waals surface area contributed by atoms with E-state index in [0.717, 1.165) is 37.4 Å². The SMILES string of the molecule is Cc1ccc(Nc2ncnc(NN3CCN(C)CC3)c2N)c(C)c1. The van der Waals surface area contributed by atoms with Gasteiger partial charge >= 0.3 is 0 Å². The Labute approximate surface area is 142 Å². The Morgan fingerprint density at radius 3 is 2.46 bits per heavy atom. The highest BCUT2D eigenvalue weighted by atomic mass is 15.5. The van der Waals surface area contributed by atoms with E-state index in [-0.39, 0.29) is 0 Å². The second-order valence-corrected chi connectivity index (χ2v) is 6.33. The van der Waals surface area contributed by atoms with Crippen molar-refractivity contribution in [3.8, 4) is 0 Å². The maximum absolute atomic E-state index is 6.27. The fourth-order valence-corrected chi connectivity index (χ4v) is 2.73. The van der Waals surface area contributed by atoms with Crippen LogP contribution in [0.15, 0.2) is 24.5 Å². The number of anilines is 4. The number of nitrogens with zero attached hydrogens (tertiary/aromatic N) is 4. The monoisotopic (exact) mass is 327 g/mol. The van der Waals surface area contributed by atoms with Crippen molar-refractivity contribution in [1.29, 1.82) is 0 Å². The lowest BCUT2D eigenvalue weighted by molar-refractivity contribution is 0.178. The summed E-state index contributed by atoms with van der Waals surface area (Å²) >= 11 is 0. The molecule has 3 rings (SSSR count). The summed E-state index contributed by atoms with van der Waals surface area (Å²) < 4.78 is 0. The maximum atomic E-state index is 6.27. The third kappa shape index (κ3) is 3.74. The first-order valence-corrected chi connectivity index (χ1v) is 8.18. The molecule has 0 spiro atoms. The third-order valence-corrected chi connectivity index (χ3v) is 4.29. The minimum Gasteiger partial charge on any atom is -0.393 e. The zero-order valence-corrected chi connectivity index (χ0v) is 14.5. The molecule has 2 aromatic rings. The molecule has 1 aliphatic rings. The van der Waals surface area contributed by atoms with E-state index in [0.29, 0.717) is 17.3 Å². The zero-order chi connectivity index (χ0) is 17.1. The van der Waals surface area contributed by atoms with Gasteiger partial charge in [-0.2, -0.15) is 0 Å². The molecule has 7 heteroatoms. The number of hydrazine groups is 1. The predicted molar refractivity (Wildman–Crippen MR) is 98.3 cm³/mol. The minimum atomic E-state index is 0.524. The van der Waals surface area contributed by atoms with E-state index in [2.05, 4.69) is 63.6 Å². The molecule has 4 N–H and O–H groups in total. The van der Waals surface area contributed by atoms with Crippen molar-refractivity contribution in [3.05, 3.63) is 35.7 Å². The standard InChI is InChI=1S/C17H25N7/c1-12-4-5-14(13(2)10-12)21-16-15(18)17(20-11-19-16)22-24-8-6-23(3)7-9-24/h4-5,10-11H,6-9,18H2,1-3H3,(H2,19,20,21,22). The summed E-state index contributed by atoms with van der Waals surface area (Å²) in [6.07, 6.45) is 1.53. The molecule has 0 radical (unpaired) electrons. The highest BCUT2D eigenvalue weighted by Gasteiger charge is 2.16. The number of aryl methyl sites for hydroxylation is 2. The van der Waals surface area contributed by atoms with Crippen molar-refractivity contribution < 1.29 is 0 Å². The van der Waals surface area contributed by atoms with Crippen molar-refractivity contribution in [1.82, 2.24) is 19.9 Å². The fraction of sp³-hybridized carbons (Fsp3) is 0.412. The number of piperazine rings is 1. The Morgan fingerprint density at radius 1 is 1.04 bits per heavy atom. The number of nitrogen functional groups attached to an aromatic ring is 1. The minimum absolute atomic E-state index is 0.524. The van der Waals surface area contributed by atoms with Gasteiger partial charge in [0, 0.05) is 31.9 Å². The van der Waals surface area contributed by atoms with Gasteiger partial charge in [-0.3, -0.25) is 0 Å². The summed E-state index contributed by atoms with van der Waals surface area (Å²) in [6, 6.07) is 6.24. The molecule has 0 unspecified atom stereocenters. The van der Waals surface area contributed by atoms with Crippen LogP contribution < -0.4 is 16.5 Å². The quantitative estimate of drug-likeness (QED) is 0.792. The fourth-order valence-electron chi connectivity index (χ4n) is 2.73. The Kier molecular flexibility index (Phi) is 4.82. The average molecular weight is 327 g/mol. The topological polar surface area (TPSA) is 82.3 Å². The normalized spacial score (nSPS) is 16.1. The Morgan fingerprint density at radius 2 is 1.75 bits per heavy atom. The summed E-state index contributed by atoms with van der Waals surface area (Å²) in [6.45, 7) is 8.04. The zero-order valence-electron chi connectivity index (χ0n) is 14.5. The largest absolute Gasteiger partial charge is 0.393 e. The van der Waals surface area contributed by atoms with Crippen molar-refractivity contribution in [2.45, 2.75) is 13.8 Å². The van der Waals surface area contributed by atoms with Crippen molar-refractivity contribution >= 4 is 23.0 Å². The number of benzene rings is 1. The van der Waals surface area contributed by atoms with Crippen molar-refractivity contribution in [2.24, 2.45) is 0 Å². The summed E-state index contributed by atoms with van der Waals surface area (Å²) in [5, 5.41) is 5.45. The van der Waals surface area contributed by atoms with Crippen LogP contribution in [0.5, 0.6) is 0 Å². The second-order valence-electron chi connectivity index (χ2n) is 6.33. The summed E-state index contributed by atoms with van der Waals surface area (Å²) in [5.41, 5.74) is 13.5. The number of aromatic nitrogens is 2. The van der Waals surface area contributed by atoms with Gasteiger partial charge in [0.15, 0.2) is 11.6 Å². The van der Waals surface area contributed by atoms with Crippen LogP contribution in [0.1, 0.15) is 11.1 Å². The molecule has 1 fully saturated rings. The predicted octanol–water partition coefficient (Wildman–Crippen LogP) is 1.99. The van der Waals surface area contributed by atoms with Crippen molar-refractivity contribution in [2.75, 3.05) is 49.7 Å². The smallest absolute Gasteiger partial charge is 0.169 e.